The van der Waals surface area contributed by atoms with E-state index in [0.29, 0.717) is 0 Å². The van der Waals surface area contributed by atoms with Gasteiger partial charge in [-0.2, -0.15) is 5.10 Å². The van der Waals surface area contributed by atoms with Crippen LogP contribution in [0.15, 0.2) is 23.3 Å². The molecule has 1 aliphatic rings. The zero-order chi connectivity index (χ0) is 13.0. The first kappa shape index (κ1) is 13.2. The molecule has 3 nitrogen and oxygen atoms in total. The second kappa shape index (κ2) is 6.10. The Balaban J connectivity index is 2.33. The zero-order valence-electron chi connectivity index (χ0n) is 11.0. The van der Waals surface area contributed by atoms with Gasteiger partial charge in [-0.3, -0.25) is 5.01 Å². The smallest absolute Gasteiger partial charge is 0.0696 e. The topological polar surface area (TPSA) is 27.6 Å². The van der Waals surface area contributed by atoms with Gasteiger partial charge in [0.15, 0.2) is 0 Å². The lowest BCUT2D eigenvalue weighted by atomic mass is 10.1. The highest BCUT2D eigenvalue weighted by molar-refractivity contribution is 6.31. The van der Waals surface area contributed by atoms with E-state index in [9.17, 15) is 0 Å². The lowest BCUT2D eigenvalue weighted by Crippen LogP contribution is -2.16. The van der Waals surface area contributed by atoms with Crippen LogP contribution in [0.3, 0.4) is 0 Å². The second-order valence-electron chi connectivity index (χ2n) is 4.50. The van der Waals surface area contributed by atoms with Crippen LogP contribution in [-0.2, 0) is 0 Å². The fraction of sp³-hybridized carbons (Fsp3) is 0.500. The predicted molar refractivity (Wildman–Crippen MR) is 78.6 cm³/mol. The third-order valence-electron chi connectivity index (χ3n) is 3.24. The van der Waals surface area contributed by atoms with Crippen molar-refractivity contribution >= 4 is 23.0 Å². The second-order valence-corrected chi connectivity index (χ2v) is 4.94. The van der Waals surface area contributed by atoms with E-state index < -0.39 is 0 Å². The SMILES string of the molecule is CC/C(=N/N1CCCC1)c1cc(Cl)ccc1NC. The van der Waals surface area contributed by atoms with Gasteiger partial charge in [-0.25, -0.2) is 0 Å². The molecule has 0 spiro atoms. The number of halogens is 1. The van der Waals surface area contributed by atoms with Crippen LogP contribution < -0.4 is 5.32 Å². The minimum absolute atomic E-state index is 0.756. The van der Waals surface area contributed by atoms with Crippen LogP contribution in [-0.4, -0.2) is 30.9 Å². The lowest BCUT2D eigenvalue weighted by molar-refractivity contribution is 0.359. The van der Waals surface area contributed by atoms with Crippen molar-refractivity contribution in [2.24, 2.45) is 5.10 Å². The first-order valence-electron chi connectivity index (χ1n) is 6.54. The molecule has 1 aromatic rings. The van der Waals surface area contributed by atoms with Gasteiger partial charge in [0.25, 0.3) is 0 Å². The van der Waals surface area contributed by atoms with Crippen LogP contribution in [0.2, 0.25) is 5.02 Å². The molecule has 4 heteroatoms. The Morgan fingerprint density at radius 1 is 1.39 bits per heavy atom. The zero-order valence-corrected chi connectivity index (χ0v) is 11.8. The number of nitrogens with one attached hydrogen (secondary N) is 1. The molecule has 0 aromatic heterocycles. The molecular weight excluding hydrogens is 246 g/mol. The Hall–Kier alpha value is -1.22. The summed E-state index contributed by atoms with van der Waals surface area (Å²) < 4.78 is 0. The summed E-state index contributed by atoms with van der Waals surface area (Å²) in [5.74, 6) is 0. The summed E-state index contributed by atoms with van der Waals surface area (Å²) in [5, 5.41) is 10.9. The Bertz CT molecular complexity index is 437. The molecule has 0 aliphatic carbocycles. The van der Waals surface area contributed by atoms with Gasteiger partial charge in [0.2, 0.25) is 0 Å². The normalized spacial score (nSPS) is 16.2. The Labute approximate surface area is 114 Å². The number of anilines is 1. The van der Waals surface area contributed by atoms with Gasteiger partial charge >= 0.3 is 0 Å². The lowest BCUT2D eigenvalue weighted by Gasteiger charge is -2.16. The molecule has 1 aliphatic heterocycles. The van der Waals surface area contributed by atoms with Crippen LogP contribution in [0.5, 0.6) is 0 Å². The van der Waals surface area contributed by atoms with Crippen LogP contribution in [0.1, 0.15) is 31.7 Å². The number of hydrogen-bond donors (Lipinski definition) is 1. The number of hydrogen-bond acceptors (Lipinski definition) is 3. The van der Waals surface area contributed by atoms with Gasteiger partial charge in [0.05, 0.1) is 5.71 Å². The summed E-state index contributed by atoms with van der Waals surface area (Å²) in [4.78, 5) is 0. The highest BCUT2D eigenvalue weighted by atomic mass is 35.5. The summed E-state index contributed by atoms with van der Waals surface area (Å²) in [6.45, 7) is 4.27. The highest BCUT2D eigenvalue weighted by Gasteiger charge is 2.13. The Morgan fingerprint density at radius 2 is 2.11 bits per heavy atom. The highest BCUT2D eigenvalue weighted by Crippen LogP contribution is 2.23. The molecule has 18 heavy (non-hydrogen) atoms. The molecular formula is C14H20ClN3. The third-order valence-corrected chi connectivity index (χ3v) is 3.48. The van der Waals surface area contributed by atoms with E-state index in [1.165, 1.54) is 12.8 Å². The fourth-order valence-corrected chi connectivity index (χ4v) is 2.43. The van der Waals surface area contributed by atoms with Gasteiger partial charge in [-0.05, 0) is 37.5 Å². The maximum Gasteiger partial charge on any atom is 0.0696 e. The monoisotopic (exact) mass is 265 g/mol. The van der Waals surface area contributed by atoms with Crippen molar-refractivity contribution in [1.82, 2.24) is 5.01 Å². The third kappa shape index (κ3) is 2.96. The van der Waals surface area contributed by atoms with Gasteiger partial charge < -0.3 is 5.32 Å². The minimum atomic E-state index is 0.756. The van der Waals surface area contributed by atoms with Crippen molar-refractivity contribution < 1.29 is 0 Å². The summed E-state index contributed by atoms with van der Waals surface area (Å²) in [7, 11) is 1.93. The molecule has 1 N–H and O–H groups in total. The number of nitrogens with zero attached hydrogens (tertiary/aromatic N) is 2. The molecule has 0 unspecified atom stereocenters. The van der Waals surface area contributed by atoms with E-state index >= 15 is 0 Å². The van der Waals surface area contributed by atoms with Crippen molar-refractivity contribution in [1.29, 1.82) is 0 Å². The molecule has 0 saturated carbocycles. The first-order chi connectivity index (χ1) is 8.74. The summed E-state index contributed by atoms with van der Waals surface area (Å²) in [6, 6.07) is 5.90. The van der Waals surface area contributed by atoms with Crippen LogP contribution in [0.4, 0.5) is 5.69 Å². The molecule has 0 amide bonds. The average Bonchev–Trinajstić information content (AvgIpc) is 2.88. The summed E-state index contributed by atoms with van der Waals surface area (Å²) >= 11 is 6.10. The number of benzene rings is 1. The van der Waals surface area contributed by atoms with E-state index in [2.05, 4.69) is 17.2 Å². The van der Waals surface area contributed by atoms with E-state index in [-0.39, 0.29) is 0 Å². The van der Waals surface area contributed by atoms with Crippen molar-refractivity contribution in [3.63, 3.8) is 0 Å². The number of rotatable bonds is 4. The molecule has 1 saturated heterocycles. The summed E-state index contributed by atoms with van der Waals surface area (Å²) in [6.07, 6.45) is 3.40. The van der Waals surface area contributed by atoms with Crippen LogP contribution in [0.25, 0.3) is 0 Å². The van der Waals surface area contributed by atoms with Gasteiger partial charge in [-0.15, -0.1) is 0 Å². The predicted octanol–water partition coefficient (Wildman–Crippen LogP) is 3.59. The molecule has 1 aromatic carbocycles. The van der Waals surface area contributed by atoms with E-state index in [4.69, 9.17) is 16.7 Å². The van der Waals surface area contributed by atoms with Crippen LogP contribution >= 0.6 is 11.6 Å². The van der Waals surface area contributed by atoms with Gasteiger partial charge in [0.1, 0.15) is 0 Å². The molecule has 0 bridgehead atoms. The van der Waals surface area contributed by atoms with E-state index in [1.807, 2.05) is 25.2 Å². The Morgan fingerprint density at radius 3 is 2.72 bits per heavy atom. The molecule has 98 valence electrons. The molecule has 2 rings (SSSR count). The largest absolute Gasteiger partial charge is 0.388 e. The molecule has 0 radical (unpaired) electrons. The van der Waals surface area contributed by atoms with Crippen molar-refractivity contribution in [3.8, 4) is 0 Å². The minimum Gasteiger partial charge on any atom is -0.388 e. The quantitative estimate of drug-likeness (QED) is 0.843. The maximum atomic E-state index is 6.10. The average molecular weight is 266 g/mol. The van der Waals surface area contributed by atoms with Gasteiger partial charge in [0, 0.05) is 36.4 Å². The molecule has 1 heterocycles. The number of hydrazone groups is 1. The summed E-state index contributed by atoms with van der Waals surface area (Å²) in [5.41, 5.74) is 3.29. The molecule has 1 fully saturated rings. The fourth-order valence-electron chi connectivity index (χ4n) is 2.26. The van der Waals surface area contributed by atoms with Gasteiger partial charge in [-0.1, -0.05) is 18.5 Å². The standard InChI is InChI=1S/C14H20ClN3/c1-3-13(17-18-8-4-5-9-18)12-10-11(15)6-7-14(12)16-2/h6-7,10,16H,3-5,8-9H2,1-2H3/b17-13-. The Kier molecular flexibility index (Phi) is 4.48. The van der Waals surface area contributed by atoms with Crippen molar-refractivity contribution in [2.75, 3.05) is 25.5 Å². The first-order valence-corrected chi connectivity index (χ1v) is 6.92. The van der Waals surface area contributed by atoms with E-state index in [1.54, 1.807) is 0 Å². The molecule has 0 atom stereocenters. The van der Waals surface area contributed by atoms with E-state index in [0.717, 1.165) is 41.5 Å². The maximum absolute atomic E-state index is 6.10. The van der Waals surface area contributed by atoms with Crippen molar-refractivity contribution in [3.05, 3.63) is 28.8 Å². The van der Waals surface area contributed by atoms with Crippen LogP contribution in [0, 0.1) is 0 Å². The van der Waals surface area contributed by atoms with Crippen molar-refractivity contribution in [2.45, 2.75) is 26.2 Å².